The molecular formula is C29H26Cl3NO. The third-order valence-electron chi connectivity index (χ3n) is 6.11. The molecule has 2 N–H and O–H groups in total. The van der Waals surface area contributed by atoms with Gasteiger partial charge in [-0.05, 0) is 90.2 Å². The zero-order valence-electron chi connectivity index (χ0n) is 18.7. The Labute approximate surface area is 216 Å². The van der Waals surface area contributed by atoms with Crippen molar-refractivity contribution in [1.82, 2.24) is 0 Å². The fourth-order valence-corrected chi connectivity index (χ4v) is 4.76. The summed E-state index contributed by atoms with van der Waals surface area (Å²) in [5, 5.41) is 2.08. The maximum absolute atomic E-state index is 6.25. The molecule has 2 nitrogen and oxygen atoms in total. The number of rotatable bonds is 9. The molecule has 4 aromatic rings. The van der Waals surface area contributed by atoms with Gasteiger partial charge in [0.05, 0.1) is 6.61 Å². The van der Waals surface area contributed by atoms with Crippen molar-refractivity contribution < 1.29 is 4.74 Å². The SMILES string of the molecule is NCCc1ccc(OCCC(c2ccc(Cl)cc2)(c2ccc(Cl)cc2)c2ccc(Cl)cc2)cc1. The molecule has 0 heterocycles. The Balaban J connectivity index is 1.74. The highest BCUT2D eigenvalue weighted by molar-refractivity contribution is 6.31. The highest BCUT2D eigenvalue weighted by Gasteiger charge is 2.36. The summed E-state index contributed by atoms with van der Waals surface area (Å²) < 4.78 is 6.22. The number of hydrogen-bond donors (Lipinski definition) is 1. The van der Waals surface area contributed by atoms with E-state index in [9.17, 15) is 0 Å². The second kappa shape index (κ2) is 11.3. The van der Waals surface area contributed by atoms with Gasteiger partial charge >= 0.3 is 0 Å². The molecule has 0 unspecified atom stereocenters. The van der Waals surface area contributed by atoms with E-state index in [0.717, 1.165) is 28.9 Å². The van der Waals surface area contributed by atoms with Crippen molar-refractivity contribution >= 4 is 34.8 Å². The molecule has 0 aliphatic carbocycles. The molecule has 0 bridgehead atoms. The minimum Gasteiger partial charge on any atom is -0.494 e. The Morgan fingerprint density at radius 2 is 1.00 bits per heavy atom. The summed E-state index contributed by atoms with van der Waals surface area (Å²) >= 11 is 18.7. The number of benzene rings is 4. The molecule has 174 valence electrons. The van der Waals surface area contributed by atoms with Gasteiger partial charge in [-0.25, -0.2) is 0 Å². The van der Waals surface area contributed by atoms with E-state index in [2.05, 4.69) is 48.5 Å². The summed E-state index contributed by atoms with van der Waals surface area (Å²) in [4.78, 5) is 0. The highest BCUT2D eigenvalue weighted by atomic mass is 35.5. The Morgan fingerprint density at radius 1 is 0.588 bits per heavy atom. The lowest BCUT2D eigenvalue weighted by Crippen LogP contribution is -2.31. The van der Waals surface area contributed by atoms with E-state index in [1.54, 1.807) is 0 Å². The van der Waals surface area contributed by atoms with Gasteiger partial charge in [-0.2, -0.15) is 0 Å². The molecular weight excluding hydrogens is 485 g/mol. The second-order valence-corrected chi connectivity index (χ2v) is 9.52. The van der Waals surface area contributed by atoms with Crippen LogP contribution in [0, 0.1) is 0 Å². The summed E-state index contributed by atoms with van der Waals surface area (Å²) in [5.74, 6) is 0.831. The summed E-state index contributed by atoms with van der Waals surface area (Å²) in [6.07, 6.45) is 1.55. The topological polar surface area (TPSA) is 35.2 Å². The molecule has 0 aromatic heterocycles. The lowest BCUT2D eigenvalue weighted by Gasteiger charge is -2.36. The standard InChI is InChI=1S/C29H26Cl3NO/c30-25-9-3-22(4-10-25)29(23-5-11-26(31)12-6-23,24-7-13-27(32)14-8-24)18-20-34-28-15-1-21(2-16-28)17-19-33/h1-16H,17-20,33H2. The van der Waals surface area contributed by atoms with E-state index in [1.807, 2.05) is 48.5 Å². The lowest BCUT2D eigenvalue weighted by atomic mass is 9.67. The van der Waals surface area contributed by atoms with Crippen LogP contribution in [0.1, 0.15) is 28.7 Å². The fraction of sp³-hybridized carbons (Fsp3) is 0.172. The van der Waals surface area contributed by atoms with Crippen molar-refractivity contribution in [2.24, 2.45) is 5.73 Å². The number of halogens is 3. The largest absolute Gasteiger partial charge is 0.494 e. The molecule has 0 saturated carbocycles. The molecule has 4 rings (SSSR count). The van der Waals surface area contributed by atoms with Crippen LogP contribution in [0.3, 0.4) is 0 Å². The normalized spacial score (nSPS) is 11.4. The third kappa shape index (κ3) is 5.59. The van der Waals surface area contributed by atoms with Gasteiger partial charge in [0, 0.05) is 20.5 Å². The predicted octanol–water partition coefficient (Wildman–Crippen LogP) is 7.95. The number of ether oxygens (including phenoxy) is 1. The van der Waals surface area contributed by atoms with Crippen LogP contribution in [-0.4, -0.2) is 13.2 Å². The number of hydrogen-bond acceptors (Lipinski definition) is 2. The second-order valence-electron chi connectivity index (χ2n) is 8.21. The molecule has 5 heteroatoms. The van der Waals surface area contributed by atoms with Crippen LogP contribution in [0.5, 0.6) is 5.75 Å². The van der Waals surface area contributed by atoms with Gasteiger partial charge in [0.2, 0.25) is 0 Å². The first-order valence-electron chi connectivity index (χ1n) is 11.2. The Bertz CT molecular complexity index is 1080. The molecule has 0 radical (unpaired) electrons. The Kier molecular flexibility index (Phi) is 8.18. The fourth-order valence-electron chi connectivity index (χ4n) is 4.38. The van der Waals surface area contributed by atoms with Crippen molar-refractivity contribution in [3.05, 3.63) is 134 Å². The monoisotopic (exact) mass is 509 g/mol. The number of nitrogens with two attached hydrogens (primary N) is 1. The van der Waals surface area contributed by atoms with Crippen molar-refractivity contribution in [3.8, 4) is 5.75 Å². The zero-order valence-corrected chi connectivity index (χ0v) is 21.0. The lowest BCUT2D eigenvalue weighted by molar-refractivity contribution is 0.286. The summed E-state index contributed by atoms with van der Waals surface area (Å²) in [6, 6.07) is 32.1. The molecule has 0 atom stereocenters. The van der Waals surface area contributed by atoms with E-state index in [1.165, 1.54) is 5.56 Å². The van der Waals surface area contributed by atoms with Crippen LogP contribution < -0.4 is 10.5 Å². The van der Waals surface area contributed by atoms with Gasteiger partial charge in [0.1, 0.15) is 5.75 Å². The quantitative estimate of drug-likeness (QED) is 0.232. The van der Waals surface area contributed by atoms with Gasteiger partial charge in [-0.15, -0.1) is 0 Å². The van der Waals surface area contributed by atoms with E-state index in [4.69, 9.17) is 45.3 Å². The highest BCUT2D eigenvalue weighted by Crippen LogP contribution is 2.43. The minimum atomic E-state index is -0.487. The minimum absolute atomic E-state index is 0.487. The van der Waals surface area contributed by atoms with E-state index in [-0.39, 0.29) is 0 Å². The van der Waals surface area contributed by atoms with Crippen LogP contribution in [-0.2, 0) is 11.8 Å². The van der Waals surface area contributed by atoms with Crippen molar-refractivity contribution in [2.45, 2.75) is 18.3 Å². The molecule has 0 spiro atoms. The van der Waals surface area contributed by atoms with Crippen LogP contribution >= 0.6 is 34.8 Å². The summed E-state index contributed by atoms with van der Waals surface area (Å²) in [5.41, 5.74) is 9.72. The van der Waals surface area contributed by atoms with Crippen LogP contribution in [0.2, 0.25) is 15.1 Å². The van der Waals surface area contributed by atoms with Crippen molar-refractivity contribution in [1.29, 1.82) is 0 Å². The van der Waals surface area contributed by atoms with Gasteiger partial charge < -0.3 is 10.5 Å². The molecule has 0 aliphatic heterocycles. The van der Waals surface area contributed by atoms with Crippen LogP contribution in [0.4, 0.5) is 0 Å². The molecule has 34 heavy (non-hydrogen) atoms. The van der Waals surface area contributed by atoms with Crippen molar-refractivity contribution in [2.75, 3.05) is 13.2 Å². The van der Waals surface area contributed by atoms with Crippen LogP contribution in [0.25, 0.3) is 0 Å². The Hall–Kier alpha value is -2.49. The first-order chi connectivity index (χ1) is 16.5. The van der Waals surface area contributed by atoms with Gasteiger partial charge in [0.15, 0.2) is 0 Å². The molecule has 4 aromatic carbocycles. The predicted molar refractivity (Wildman–Crippen MR) is 144 cm³/mol. The zero-order chi connectivity index (χ0) is 24.0. The summed E-state index contributed by atoms with van der Waals surface area (Å²) in [6.45, 7) is 1.14. The molecule has 0 aliphatic rings. The van der Waals surface area contributed by atoms with E-state index in [0.29, 0.717) is 34.6 Å². The van der Waals surface area contributed by atoms with Crippen molar-refractivity contribution in [3.63, 3.8) is 0 Å². The maximum Gasteiger partial charge on any atom is 0.119 e. The average Bonchev–Trinajstić information content (AvgIpc) is 2.85. The average molecular weight is 511 g/mol. The molecule has 0 amide bonds. The van der Waals surface area contributed by atoms with Gasteiger partial charge in [0.25, 0.3) is 0 Å². The Morgan fingerprint density at radius 3 is 1.38 bits per heavy atom. The maximum atomic E-state index is 6.25. The van der Waals surface area contributed by atoms with E-state index >= 15 is 0 Å². The van der Waals surface area contributed by atoms with Gasteiger partial charge in [-0.3, -0.25) is 0 Å². The molecule has 0 fully saturated rings. The van der Waals surface area contributed by atoms with Crippen LogP contribution in [0.15, 0.2) is 97.1 Å². The first-order valence-corrected chi connectivity index (χ1v) is 12.3. The smallest absolute Gasteiger partial charge is 0.119 e. The third-order valence-corrected chi connectivity index (χ3v) is 6.87. The van der Waals surface area contributed by atoms with E-state index < -0.39 is 5.41 Å². The molecule has 0 saturated heterocycles. The first kappa shape index (κ1) is 24.6. The summed E-state index contributed by atoms with van der Waals surface area (Å²) in [7, 11) is 0. The van der Waals surface area contributed by atoms with Gasteiger partial charge in [-0.1, -0.05) is 83.3 Å².